The molecule has 5 nitrogen and oxygen atoms in total. The second-order valence-corrected chi connectivity index (χ2v) is 8.00. The summed E-state index contributed by atoms with van der Waals surface area (Å²) in [4.78, 5) is 21.8. The Kier molecular flexibility index (Phi) is 5.04. The summed E-state index contributed by atoms with van der Waals surface area (Å²) in [7, 11) is 0. The Labute approximate surface area is 166 Å². The lowest BCUT2D eigenvalue weighted by Gasteiger charge is -2.50. The smallest absolute Gasteiger partial charge is 0.230 e. The number of aromatic nitrogens is 1. The van der Waals surface area contributed by atoms with E-state index in [9.17, 15) is 4.79 Å². The number of pyridine rings is 1. The van der Waals surface area contributed by atoms with E-state index in [1.165, 1.54) is 0 Å². The molecule has 0 N–H and O–H groups in total. The van der Waals surface area contributed by atoms with Gasteiger partial charge in [0.1, 0.15) is 17.6 Å². The highest BCUT2D eigenvalue weighted by Gasteiger charge is 2.45. The van der Waals surface area contributed by atoms with Crippen molar-refractivity contribution in [2.75, 3.05) is 31.1 Å². The molecule has 144 valence electrons. The van der Waals surface area contributed by atoms with E-state index in [0.717, 1.165) is 56.8 Å². The third-order valence-corrected chi connectivity index (χ3v) is 6.35. The van der Waals surface area contributed by atoms with Gasteiger partial charge in [0.05, 0.1) is 5.92 Å². The van der Waals surface area contributed by atoms with Crippen molar-refractivity contribution in [1.82, 2.24) is 9.88 Å². The van der Waals surface area contributed by atoms with Gasteiger partial charge in [-0.2, -0.15) is 5.26 Å². The quantitative estimate of drug-likeness (QED) is 0.824. The molecule has 0 aliphatic carbocycles. The third-order valence-electron chi connectivity index (χ3n) is 6.35. The first-order chi connectivity index (χ1) is 13.6. The number of nitrogens with zero attached hydrogens (tertiary/aromatic N) is 4. The van der Waals surface area contributed by atoms with E-state index >= 15 is 0 Å². The molecule has 1 aromatic carbocycles. The zero-order chi connectivity index (χ0) is 19.6. The van der Waals surface area contributed by atoms with Crippen LogP contribution in [0.25, 0.3) is 0 Å². The molecule has 28 heavy (non-hydrogen) atoms. The van der Waals surface area contributed by atoms with Gasteiger partial charge < -0.3 is 9.80 Å². The molecule has 0 unspecified atom stereocenters. The summed E-state index contributed by atoms with van der Waals surface area (Å²) in [6, 6.07) is 18.0. The highest BCUT2D eigenvalue weighted by Crippen LogP contribution is 2.46. The first kappa shape index (κ1) is 18.5. The van der Waals surface area contributed by atoms with Crippen LogP contribution in [0.15, 0.2) is 48.5 Å². The van der Waals surface area contributed by atoms with Gasteiger partial charge in [-0.3, -0.25) is 4.79 Å². The van der Waals surface area contributed by atoms with Crippen LogP contribution in [0.1, 0.15) is 43.4 Å². The number of piperidine rings is 2. The van der Waals surface area contributed by atoms with Gasteiger partial charge in [0, 0.05) is 26.2 Å². The van der Waals surface area contributed by atoms with Crippen molar-refractivity contribution < 1.29 is 4.79 Å². The molecule has 5 heteroatoms. The van der Waals surface area contributed by atoms with Gasteiger partial charge in [-0.25, -0.2) is 4.98 Å². The maximum Gasteiger partial charge on any atom is 0.230 e. The van der Waals surface area contributed by atoms with Gasteiger partial charge in [-0.05, 0) is 49.3 Å². The normalized spacial score (nSPS) is 21.6. The molecule has 2 fully saturated rings. The van der Waals surface area contributed by atoms with Crippen LogP contribution in [0.2, 0.25) is 0 Å². The maximum atomic E-state index is 13.0. The molecule has 3 heterocycles. The minimum Gasteiger partial charge on any atom is -0.357 e. The molecular formula is C23H26N4O. The van der Waals surface area contributed by atoms with Gasteiger partial charge in [-0.15, -0.1) is 0 Å². The maximum absolute atomic E-state index is 13.0. The predicted molar refractivity (Wildman–Crippen MR) is 109 cm³/mol. The van der Waals surface area contributed by atoms with Gasteiger partial charge in [0.25, 0.3) is 0 Å². The van der Waals surface area contributed by atoms with Crippen LogP contribution in [0, 0.1) is 16.7 Å². The summed E-state index contributed by atoms with van der Waals surface area (Å²) < 4.78 is 0. The molecule has 0 radical (unpaired) electrons. The van der Waals surface area contributed by atoms with Gasteiger partial charge in [0.15, 0.2) is 0 Å². The Bertz CT molecular complexity index is 881. The second-order valence-electron chi connectivity index (χ2n) is 8.00. The van der Waals surface area contributed by atoms with Crippen LogP contribution >= 0.6 is 0 Å². The van der Waals surface area contributed by atoms with E-state index in [4.69, 9.17) is 5.26 Å². The van der Waals surface area contributed by atoms with Crippen molar-refractivity contribution in [3.63, 3.8) is 0 Å². The number of hydrogen-bond acceptors (Lipinski definition) is 4. The summed E-state index contributed by atoms with van der Waals surface area (Å²) in [6.45, 7) is 5.51. The minimum absolute atomic E-state index is 0.0403. The largest absolute Gasteiger partial charge is 0.357 e. The summed E-state index contributed by atoms with van der Waals surface area (Å²) in [5, 5.41) is 9.11. The van der Waals surface area contributed by atoms with Crippen LogP contribution < -0.4 is 4.90 Å². The third kappa shape index (κ3) is 3.47. The van der Waals surface area contributed by atoms with Crippen molar-refractivity contribution >= 4 is 11.7 Å². The average Bonchev–Trinajstić information content (AvgIpc) is 2.76. The Balaban J connectivity index is 1.53. The van der Waals surface area contributed by atoms with Crippen LogP contribution in [0.3, 0.4) is 0 Å². The SMILES string of the molecule is CCN1CC2(CCN(c3cccc(C#N)n3)CC2)C[C@H](c2ccccc2)C1=O. The number of anilines is 1. The fraction of sp³-hybridized carbons (Fsp3) is 0.435. The molecule has 2 aliphatic heterocycles. The van der Waals surface area contributed by atoms with Crippen LogP contribution in [0.4, 0.5) is 5.82 Å². The molecule has 1 amide bonds. The van der Waals surface area contributed by atoms with Crippen LogP contribution in [-0.2, 0) is 4.79 Å². The Morgan fingerprint density at radius 2 is 1.89 bits per heavy atom. The number of hydrogen-bond donors (Lipinski definition) is 0. The standard InChI is InChI=1S/C23H26N4O/c1-2-26-17-23(15-20(22(26)28)18-7-4-3-5-8-18)11-13-27(14-12-23)21-10-6-9-19(16-24)25-21/h3-10,20H,2,11-15,17H2,1H3/t20-/m1/s1. The molecule has 2 aliphatic rings. The van der Waals surface area contributed by atoms with E-state index in [0.29, 0.717) is 5.69 Å². The summed E-state index contributed by atoms with van der Waals surface area (Å²) in [5.41, 5.74) is 1.76. The Morgan fingerprint density at radius 1 is 1.14 bits per heavy atom. The molecular weight excluding hydrogens is 348 g/mol. The lowest BCUT2D eigenvalue weighted by atomic mass is 9.67. The lowest BCUT2D eigenvalue weighted by molar-refractivity contribution is -0.140. The predicted octanol–water partition coefficient (Wildman–Crippen LogP) is 3.58. The number of nitriles is 1. The number of likely N-dealkylation sites (N-methyl/N-ethyl adjacent to an activating group) is 1. The molecule has 4 rings (SSSR count). The Morgan fingerprint density at radius 3 is 2.57 bits per heavy atom. The fourth-order valence-corrected chi connectivity index (χ4v) is 4.74. The zero-order valence-corrected chi connectivity index (χ0v) is 16.3. The molecule has 0 bridgehead atoms. The van der Waals surface area contributed by atoms with E-state index < -0.39 is 0 Å². The van der Waals surface area contributed by atoms with E-state index in [1.54, 1.807) is 6.07 Å². The van der Waals surface area contributed by atoms with E-state index in [2.05, 4.69) is 35.0 Å². The first-order valence-electron chi connectivity index (χ1n) is 10.1. The summed E-state index contributed by atoms with van der Waals surface area (Å²) in [6.07, 6.45) is 3.00. The number of amides is 1. The van der Waals surface area contributed by atoms with Crippen molar-refractivity contribution in [2.24, 2.45) is 5.41 Å². The van der Waals surface area contributed by atoms with Gasteiger partial charge in [-0.1, -0.05) is 36.4 Å². The van der Waals surface area contributed by atoms with Crippen molar-refractivity contribution in [3.8, 4) is 6.07 Å². The van der Waals surface area contributed by atoms with Gasteiger partial charge >= 0.3 is 0 Å². The lowest BCUT2D eigenvalue weighted by Crippen LogP contribution is -2.54. The van der Waals surface area contributed by atoms with E-state index in [1.807, 2.05) is 35.2 Å². The zero-order valence-electron chi connectivity index (χ0n) is 16.3. The Hall–Kier alpha value is -2.87. The molecule has 1 spiro atoms. The average molecular weight is 374 g/mol. The number of likely N-dealkylation sites (tertiary alicyclic amines) is 1. The summed E-state index contributed by atoms with van der Waals surface area (Å²) in [5.74, 6) is 1.11. The number of benzene rings is 1. The molecule has 1 atom stereocenters. The topological polar surface area (TPSA) is 60.2 Å². The van der Waals surface area contributed by atoms with Crippen LogP contribution in [-0.4, -0.2) is 42.0 Å². The van der Waals surface area contributed by atoms with Crippen molar-refractivity contribution in [1.29, 1.82) is 5.26 Å². The number of carbonyl (C=O) groups is 1. The van der Waals surface area contributed by atoms with E-state index in [-0.39, 0.29) is 17.2 Å². The monoisotopic (exact) mass is 374 g/mol. The first-order valence-corrected chi connectivity index (χ1v) is 10.1. The second kappa shape index (κ2) is 7.63. The molecule has 2 aromatic rings. The minimum atomic E-state index is -0.0403. The van der Waals surface area contributed by atoms with Crippen LogP contribution in [0.5, 0.6) is 0 Å². The molecule has 0 saturated carbocycles. The fourth-order valence-electron chi connectivity index (χ4n) is 4.74. The highest BCUT2D eigenvalue weighted by atomic mass is 16.2. The molecule has 1 aromatic heterocycles. The van der Waals surface area contributed by atoms with Crippen molar-refractivity contribution in [2.45, 2.75) is 32.1 Å². The number of rotatable bonds is 3. The summed E-state index contributed by atoms with van der Waals surface area (Å²) >= 11 is 0. The molecule has 2 saturated heterocycles. The number of carbonyl (C=O) groups excluding carboxylic acids is 1. The van der Waals surface area contributed by atoms with Gasteiger partial charge in [0.2, 0.25) is 5.91 Å². The van der Waals surface area contributed by atoms with Crippen molar-refractivity contribution in [3.05, 3.63) is 59.8 Å². The highest BCUT2D eigenvalue weighted by molar-refractivity contribution is 5.84.